The van der Waals surface area contributed by atoms with Gasteiger partial charge in [-0.2, -0.15) is 0 Å². The Morgan fingerprint density at radius 1 is 1.00 bits per heavy atom. The van der Waals surface area contributed by atoms with Crippen molar-refractivity contribution in [3.63, 3.8) is 0 Å². The molecule has 1 saturated carbocycles. The first-order valence-electron chi connectivity index (χ1n) is 11.6. The molecule has 0 aromatic heterocycles. The van der Waals surface area contributed by atoms with E-state index in [0.29, 0.717) is 19.1 Å². The molecule has 1 aliphatic carbocycles. The van der Waals surface area contributed by atoms with Gasteiger partial charge in [0.1, 0.15) is 12.4 Å². The molecular weight excluding hydrogens is 390 g/mol. The fraction of sp³-hybridized carbons (Fsp3) is 0.538. The molecule has 0 amide bonds. The predicted molar refractivity (Wildman–Crippen MR) is 124 cm³/mol. The Morgan fingerprint density at radius 3 is 2.55 bits per heavy atom. The predicted octanol–water partition coefficient (Wildman–Crippen LogP) is 4.89. The molecule has 0 saturated heterocycles. The highest BCUT2D eigenvalue weighted by atomic mass is 16.5. The van der Waals surface area contributed by atoms with E-state index >= 15 is 0 Å². The van der Waals surface area contributed by atoms with Gasteiger partial charge in [-0.1, -0.05) is 18.2 Å². The van der Waals surface area contributed by atoms with Crippen molar-refractivity contribution < 1.29 is 19.3 Å². The minimum Gasteiger partial charge on any atom is -0.490 e. The Bertz CT molecular complexity index is 800. The van der Waals surface area contributed by atoms with Crippen molar-refractivity contribution in [1.29, 1.82) is 0 Å². The van der Waals surface area contributed by atoms with Gasteiger partial charge in [0.15, 0.2) is 11.5 Å². The van der Waals surface area contributed by atoms with Gasteiger partial charge in [0, 0.05) is 13.1 Å². The van der Waals surface area contributed by atoms with E-state index in [4.69, 9.17) is 14.2 Å². The monoisotopic (exact) mass is 427 g/mol. The van der Waals surface area contributed by atoms with Crippen molar-refractivity contribution in [2.75, 3.05) is 13.2 Å². The molecule has 170 valence electrons. The number of rotatable bonds is 12. The second-order valence-electron chi connectivity index (χ2n) is 8.70. The molecule has 1 unspecified atom stereocenters. The average molecular weight is 428 g/mol. The summed E-state index contributed by atoms with van der Waals surface area (Å²) in [6.45, 7) is 7.80. The summed E-state index contributed by atoms with van der Waals surface area (Å²) in [5.74, 6) is 2.43. The van der Waals surface area contributed by atoms with Crippen LogP contribution >= 0.6 is 0 Å². The van der Waals surface area contributed by atoms with Crippen LogP contribution in [0.2, 0.25) is 0 Å². The van der Waals surface area contributed by atoms with Crippen LogP contribution in [0, 0.1) is 0 Å². The van der Waals surface area contributed by atoms with Crippen LogP contribution in [0.3, 0.4) is 0 Å². The van der Waals surface area contributed by atoms with Crippen molar-refractivity contribution in [3.8, 4) is 17.2 Å². The zero-order valence-corrected chi connectivity index (χ0v) is 19.1. The maximum atomic E-state index is 9.67. The summed E-state index contributed by atoms with van der Waals surface area (Å²) < 4.78 is 18.0. The van der Waals surface area contributed by atoms with Crippen LogP contribution in [0.4, 0.5) is 0 Å². The molecule has 2 aromatic rings. The van der Waals surface area contributed by atoms with E-state index in [2.05, 4.69) is 23.5 Å². The summed E-state index contributed by atoms with van der Waals surface area (Å²) in [5.41, 5.74) is 2.24. The highest BCUT2D eigenvalue weighted by Crippen LogP contribution is 2.30. The van der Waals surface area contributed by atoms with Gasteiger partial charge in [-0.05, 0) is 88.3 Å². The van der Waals surface area contributed by atoms with E-state index in [1.807, 2.05) is 38.1 Å². The van der Waals surface area contributed by atoms with Crippen LogP contribution in [0.1, 0.15) is 57.6 Å². The third-order valence-electron chi connectivity index (χ3n) is 5.27. The largest absolute Gasteiger partial charge is 0.490 e. The number of aliphatic hydroxyl groups excluding tert-OH is 1. The summed E-state index contributed by atoms with van der Waals surface area (Å²) in [5, 5.41) is 13.1. The van der Waals surface area contributed by atoms with E-state index in [0.717, 1.165) is 35.9 Å². The molecule has 0 aliphatic heterocycles. The van der Waals surface area contributed by atoms with E-state index in [9.17, 15) is 5.11 Å². The Morgan fingerprint density at radius 2 is 1.81 bits per heavy atom. The fourth-order valence-electron chi connectivity index (χ4n) is 3.88. The van der Waals surface area contributed by atoms with Gasteiger partial charge in [-0.15, -0.1) is 0 Å². The third-order valence-corrected chi connectivity index (χ3v) is 5.27. The van der Waals surface area contributed by atoms with Crippen LogP contribution in [-0.4, -0.2) is 36.6 Å². The van der Waals surface area contributed by atoms with Crippen molar-refractivity contribution in [2.45, 2.75) is 77.7 Å². The molecule has 1 fully saturated rings. The first kappa shape index (κ1) is 23.4. The number of hydrogen-bond acceptors (Lipinski definition) is 5. The van der Waals surface area contributed by atoms with Crippen LogP contribution in [0.15, 0.2) is 42.5 Å². The lowest BCUT2D eigenvalue weighted by molar-refractivity contribution is 0.194. The molecule has 31 heavy (non-hydrogen) atoms. The maximum absolute atomic E-state index is 9.67. The quantitative estimate of drug-likeness (QED) is 0.473. The molecule has 1 aliphatic rings. The Labute approximate surface area is 186 Å². The van der Waals surface area contributed by atoms with Gasteiger partial charge in [0.25, 0.3) is 0 Å². The molecule has 0 radical (unpaired) electrons. The minimum atomic E-state index is -0.389. The normalized spacial score (nSPS) is 15.3. The second kappa shape index (κ2) is 12.0. The zero-order valence-electron chi connectivity index (χ0n) is 19.1. The van der Waals surface area contributed by atoms with Gasteiger partial charge in [0.2, 0.25) is 0 Å². The number of nitrogens with one attached hydrogen (secondary N) is 1. The van der Waals surface area contributed by atoms with Crippen molar-refractivity contribution in [2.24, 2.45) is 0 Å². The summed E-state index contributed by atoms with van der Waals surface area (Å²) in [6, 6.07) is 14.2. The van der Waals surface area contributed by atoms with Crippen molar-refractivity contribution >= 4 is 0 Å². The lowest BCUT2D eigenvalue weighted by atomic mass is 10.1. The number of aliphatic hydroxyl groups is 1. The first-order valence-corrected chi connectivity index (χ1v) is 11.6. The molecule has 2 N–H and O–H groups in total. The molecule has 2 aromatic carbocycles. The highest BCUT2D eigenvalue weighted by Gasteiger charge is 2.16. The third kappa shape index (κ3) is 8.08. The number of hydrogen-bond donors (Lipinski definition) is 2. The molecule has 0 bridgehead atoms. The van der Waals surface area contributed by atoms with Crippen LogP contribution in [-0.2, 0) is 13.0 Å². The average Bonchev–Trinajstić information content (AvgIpc) is 3.22. The van der Waals surface area contributed by atoms with Gasteiger partial charge >= 0.3 is 0 Å². The lowest BCUT2D eigenvalue weighted by Crippen LogP contribution is -2.21. The Kier molecular flexibility index (Phi) is 9.04. The molecule has 0 heterocycles. The van der Waals surface area contributed by atoms with Gasteiger partial charge in [-0.25, -0.2) is 0 Å². The molecule has 1 atom stereocenters. The molecule has 3 rings (SSSR count). The summed E-state index contributed by atoms with van der Waals surface area (Å²) in [7, 11) is 0. The van der Waals surface area contributed by atoms with Crippen LogP contribution in [0.5, 0.6) is 17.2 Å². The van der Waals surface area contributed by atoms with E-state index < -0.39 is 0 Å². The summed E-state index contributed by atoms with van der Waals surface area (Å²) >= 11 is 0. The van der Waals surface area contributed by atoms with E-state index in [1.54, 1.807) is 6.92 Å². The summed E-state index contributed by atoms with van der Waals surface area (Å²) in [6.07, 6.45) is 5.54. The topological polar surface area (TPSA) is 60.0 Å². The smallest absolute Gasteiger partial charge is 0.161 e. The minimum absolute atomic E-state index is 0.0711. The van der Waals surface area contributed by atoms with Gasteiger partial charge in [0.05, 0.1) is 18.3 Å². The van der Waals surface area contributed by atoms with Crippen molar-refractivity contribution in [1.82, 2.24) is 5.32 Å². The molecule has 0 spiro atoms. The fourth-order valence-corrected chi connectivity index (χ4v) is 3.88. The van der Waals surface area contributed by atoms with Crippen molar-refractivity contribution in [3.05, 3.63) is 53.6 Å². The standard InChI is InChI=1S/C26H37NO4/c1-19(2)30-25-12-11-21(15-20(3)28)17-26(25)29-14-13-27-18-22-7-6-10-24(16-22)31-23-8-4-5-9-23/h6-7,10-12,16-17,19-20,23,27-28H,4-5,8-9,13-15,18H2,1-3H3. The molecular formula is C26H37NO4. The van der Waals surface area contributed by atoms with E-state index in [1.165, 1.54) is 31.2 Å². The lowest BCUT2D eigenvalue weighted by Gasteiger charge is -2.17. The first-order chi connectivity index (χ1) is 15.0. The molecule has 5 heteroatoms. The Hall–Kier alpha value is -2.24. The van der Waals surface area contributed by atoms with E-state index in [-0.39, 0.29) is 12.2 Å². The number of ether oxygens (including phenoxy) is 3. The Balaban J connectivity index is 1.47. The second-order valence-corrected chi connectivity index (χ2v) is 8.70. The van der Waals surface area contributed by atoms with Gasteiger partial charge < -0.3 is 24.6 Å². The van der Waals surface area contributed by atoms with Crippen LogP contribution < -0.4 is 19.5 Å². The number of benzene rings is 2. The maximum Gasteiger partial charge on any atom is 0.161 e. The zero-order chi connectivity index (χ0) is 22.1. The van der Waals surface area contributed by atoms with Gasteiger partial charge in [-0.3, -0.25) is 0 Å². The van der Waals surface area contributed by atoms with Crippen LogP contribution in [0.25, 0.3) is 0 Å². The summed E-state index contributed by atoms with van der Waals surface area (Å²) in [4.78, 5) is 0. The highest BCUT2D eigenvalue weighted by molar-refractivity contribution is 5.43. The molecule has 5 nitrogen and oxygen atoms in total. The SMILES string of the molecule is CC(O)Cc1ccc(OC(C)C)c(OCCNCc2cccc(OC3CCCC3)c2)c1.